The summed E-state index contributed by atoms with van der Waals surface area (Å²) >= 11 is 3.39. The fourth-order valence-electron chi connectivity index (χ4n) is 1.10. The van der Waals surface area contributed by atoms with E-state index >= 15 is 0 Å². The maximum absolute atomic E-state index is 5.62. The minimum atomic E-state index is 0.568. The van der Waals surface area contributed by atoms with E-state index < -0.39 is 0 Å². The molecule has 84 valence electrons. The maximum Gasteiger partial charge on any atom is 0.119 e. The topological polar surface area (TPSA) is 12.5 Å². The van der Waals surface area contributed by atoms with E-state index in [4.69, 9.17) is 4.74 Å². The fraction of sp³-hybridized carbons (Fsp3) is 0.500. The first-order valence-corrected chi connectivity index (χ1v) is 5.97. The highest BCUT2D eigenvalue weighted by Gasteiger charge is 2.02. The molecule has 2 nitrogen and oxygen atoms in total. The van der Waals surface area contributed by atoms with E-state index in [1.165, 1.54) is 0 Å². The summed E-state index contributed by atoms with van der Waals surface area (Å²) in [5.74, 6) is 0.926. The van der Waals surface area contributed by atoms with Crippen LogP contribution in [-0.2, 0) is 0 Å². The van der Waals surface area contributed by atoms with Gasteiger partial charge in [-0.1, -0.05) is 15.9 Å². The standard InChI is InChI=1S/C12H18BrNO/c1-10(2)14(3)8-9-15-12-6-4-11(13)5-7-12/h4-7,10H,8-9H2,1-3H3. The fourth-order valence-corrected chi connectivity index (χ4v) is 1.36. The maximum atomic E-state index is 5.62. The third kappa shape index (κ3) is 4.67. The average molecular weight is 272 g/mol. The number of likely N-dealkylation sites (N-methyl/N-ethyl adjacent to an activating group) is 1. The van der Waals surface area contributed by atoms with Crippen LogP contribution in [0.1, 0.15) is 13.8 Å². The number of benzene rings is 1. The van der Waals surface area contributed by atoms with Crippen LogP contribution >= 0.6 is 15.9 Å². The second kappa shape index (κ2) is 6.13. The Morgan fingerprint density at radius 2 is 1.87 bits per heavy atom. The van der Waals surface area contributed by atoms with Crippen molar-refractivity contribution in [2.75, 3.05) is 20.2 Å². The number of nitrogens with zero attached hydrogens (tertiary/aromatic N) is 1. The van der Waals surface area contributed by atoms with Crippen molar-refractivity contribution in [3.63, 3.8) is 0 Å². The highest BCUT2D eigenvalue weighted by molar-refractivity contribution is 9.10. The van der Waals surface area contributed by atoms with Crippen molar-refractivity contribution in [1.82, 2.24) is 4.90 Å². The molecule has 0 fully saturated rings. The largest absolute Gasteiger partial charge is 0.492 e. The van der Waals surface area contributed by atoms with E-state index in [1.807, 2.05) is 24.3 Å². The lowest BCUT2D eigenvalue weighted by molar-refractivity contribution is 0.208. The Labute approximate surface area is 100 Å². The van der Waals surface area contributed by atoms with E-state index in [2.05, 4.69) is 41.7 Å². The second-order valence-corrected chi connectivity index (χ2v) is 4.79. The van der Waals surface area contributed by atoms with Crippen LogP contribution in [-0.4, -0.2) is 31.1 Å². The summed E-state index contributed by atoms with van der Waals surface area (Å²) in [6.07, 6.45) is 0. The Kier molecular flexibility index (Phi) is 5.12. The Bertz CT molecular complexity index is 284. The third-order valence-electron chi connectivity index (χ3n) is 2.41. The lowest BCUT2D eigenvalue weighted by Crippen LogP contribution is -2.30. The number of hydrogen-bond donors (Lipinski definition) is 0. The van der Waals surface area contributed by atoms with Gasteiger partial charge in [0.25, 0.3) is 0 Å². The number of halogens is 1. The van der Waals surface area contributed by atoms with E-state index in [-0.39, 0.29) is 0 Å². The zero-order valence-electron chi connectivity index (χ0n) is 9.53. The molecule has 1 aromatic rings. The molecule has 0 atom stereocenters. The van der Waals surface area contributed by atoms with Crippen LogP contribution < -0.4 is 4.74 Å². The predicted molar refractivity (Wildman–Crippen MR) is 67.4 cm³/mol. The highest BCUT2D eigenvalue weighted by atomic mass is 79.9. The molecule has 0 aliphatic heterocycles. The number of rotatable bonds is 5. The zero-order chi connectivity index (χ0) is 11.3. The van der Waals surface area contributed by atoms with Crippen LogP contribution in [0.4, 0.5) is 0 Å². The lowest BCUT2D eigenvalue weighted by atomic mass is 10.3. The van der Waals surface area contributed by atoms with E-state index in [0.29, 0.717) is 6.04 Å². The van der Waals surface area contributed by atoms with Crippen molar-refractivity contribution in [3.8, 4) is 5.75 Å². The van der Waals surface area contributed by atoms with Crippen LogP contribution in [0.25, 0.3) is 0 Å². The van der Waals surface area contributed by atoms with Crippen LogP contribution in [0.5, 0.6) is 5.75 Å². The molecule has 0 N–H and O–H groups in total. The van der Waals surface area contributed by atoms with Gasteiger partial charge in [-0.15, -0.1) is 0 Å². The van der Waals surface area contributed by atoms with Crippen molar-refractivity contribution in [3.05, 3.63) is 28.7 Å². The van der Waals surface area contributed by atoms with Crippen molar-refractivity contribution >= 4 is 15.9 Å². The van der Waals surface area contributed by atoms with E-state index in [1.54, 1.807) is 0 Å². The molecule has 0 heterocycles. The van der Waals surface area contributed by atoms with E-state index in [9.17, 15) is 0 Å². The van der Waals surface area contributed by atoms with Gasteiger partial charge in [-0.3, -0.25) is 0 Å². The van der Waals surface area contributed by atoms with Crippen LogP contribution in [0, 0.1) is 0 Å². The molecule has 0 unspecified atom stereocenters. The van der Waals surface area contributed by atoms with Crippen molar-refractivity contribution in [1.29, 1.82) is 0 Å². The number of ether oxygens (including phenoxy) is 1. The summed E-state index contributed by atoms with van der Waals surface area (Å²) in [4.78, 5) is 2.26. The van der Waals surface area contributed by atoms with Gasteiger partial charge < -0.3 is 9.64 Å². The summed E-state index contributed by atoms with van der Waals surface area (Å²) in [6.45, 7) is 6.04. The van der Waals surface area contributed by atoms with Gasteiger partial charge in [0.2, 0.25) is 0 Å². The van der Waals surface area contributed by atoms with Gasteiger partial charge >= 0.3 is 0 Å². The Morgan fingerprint density at radius 3 is 2.40 bits per heavy atom. The minimum absolute atomic E-state index is 0.568. The highest BCUT2D eigenvalue weighted by Crippen LogP contribution is 2.15. The smallest absolute Gasteiger partial charge is 0.119 e. The molecule has 3 heteroatoms. The predicted octanol–water partition coefficient (Wildman–Crippen LogP) is 3.17. The van der Waals surface area contributed by atoms with E-state index in [0.717, 1.165) is 23.4 Å². The quantitative estimate of drug-likeness (QED) is 0.816. The minimum Gasteiger partial charge on any atom is -0.492 e. The van der Waals surface area contributed by atoms with Gasteiger partial charge in [-0.05, 0) is 45.2 Å². The first-order chi connectivity index (χ1) is 7.09. The molecule has 0 saturated carbocycles. The van der Waals surface area contributed by atoms with Gasteiger partial charge in [0.15, 0.2) is 0 Å². The summed E-state index contributed by atoms with van der Waals surface area (Å²) in [7, 11) is 2.11. The third-order valence-corrected chi connectivity index (χ3v) is 2.94. The van der Waals surface area contributed by atoms with Gasteiger partial charge in [-0.2, -0.15) is 0 Å². The molecule has 0 aliphatic rings. The average Bonchev–Trinajstić information content (AvgIpc) is 2.20. The molecule has 0 radical (unpaired) electrons. The molecule has 0 bridgehead atoms. The van der Waals surface area contributed by atoms with Gasteiger partial charge in [0.1, 0.15) is 12.4 Å². The molecule has 1 rings (SSSR count). The molecule has 0 aliphatic carbocycles. The van der Waals surface area contributed by atoms with Crippen molar-refractivity contribution < 1.29 is 4.74 Å². The first kappa shape index (κ1) is 12.5. The molecular weight excluding hydrogens is 254 g/mol. The zero-order valence-corrected chi connectivity index (χ0v) is 11.1. The van der Waals surface area contributed by atoms with Gasteiger partial charge in [0.05, 0.1) is 0 Å². The molecule has 15 heavy (non-hydrogen) atoms. The van der Waals surface area contributed by atoms with Crippen LogP contribution in [0.3, 0.4) is 0 Å². The second-order valence-electron chi connectivity index (χ2n) is 3.88. The van der Waals surface area contributed by atoms with Gasteiger partial charge in [0, 0.05) is 17.1 Å². The summed E-state index contributed by atoms with van der Waals surface area (Å²) < 4.78 is 6.70. The Hall–Kier alpha value is -0.540. The molecular formula is C12H18BrNO. The summed E-state index contributed by atoms with van der Waals surface area (Å²) in [6, 6.07) is 8.49. The van der Waals surface area contributed by atoms with Crippen LogP contribution in [0.15, 0.2) is 28.7 Å². The molecule has 0 saturated heterocycles. The van der Waals surface area contributed by atoms with Crippen molar-refractivity contribution in [2.45, 2.75) is 19.9 Å². The Balaban J connectivity index is 2.29. The number of hydrogen-bond acceptors (Lipinski definition) is 2. The van der Waals surface area contributed by atoms with Gasteiger partial charge in [-0.25, -0.2) is 0 Å². The SMILES string of the molecule is CC(C)N(C)CCOc1ccc(Br)cc1. The Morgan fingerprint density at radius 1 is 1.27 bits per heavy atom. The molecule has 1 aromatic carbocycles. The lowest BCUT2D eigenvalue weighted by Gasteiger charge is -2.20. The summed E-state index contributed by atoms with van der Waals surface area (Å²) in [5.41, 5.74) is 0. The normalized spacial score (nSPS) is 11.1. The molecule has 0 amide bonds. The first-order valence-electron chi connectivity index (χ1n) is 5.18. The van der Waals surface area contributed by atoms with Crippen LogP contribution in [0.2, 0.25) is 0 Å². The molecule has 0 spiro atoms. The van der Waals surface area contributed by atoms with Crippen molar-refractivity contribution in [2.24, 2.45) is 0 Å². The molecule has 0 aromatic heterocycles. The summed E-state index contributed by atoms with van der Waals surface area (Å²) in [5, 5.41) is 0. The monoisotopic (exact) mass is 271 g/mol.